The maximum absolute atomic E-state index is 13.4. The first-order valence-corrected chi connectivity index (χ1v) is 11.4. The van der Waals surface area contributed by atoms with Crippen molar-refractivity contribution in [2.24, 2.45) is 0 Å². The van der Waals surface area contributed by atoms with Crippen LogP contribution in [0.25, 0.3) is 0 Å². The Labute approximate surface area is 189 Å². The summed E-state index contributed by atoms with van der Waals surface area (Å²) in [6, 6.07) is 5.74. The van der Waals surface area contributed by atoms with E-state index in [1.807, 2.05) is 0 Å². The van der Waals surface area contributed by atoms with Crippen molar-refractivity contribution in [2.75, 3.05) is 13.7 Å². The first kappa shape index (κ1) is 25.4. The molecule has 0 atom stereocenters. The van der Waals surface area contributed by atoms with E-state index in [0.717, 1.165) is 9.42 Å². The lowest BCUT2D eigenvalue weighted by atomic mass is 10.2. The Hall–Kier alpha value is -2.85. The van der Waals surface area contributed by atoms with Crippen LogP contribution in [0, 0.1) is 0 Å². The molecule has 0 N–H and O–H groups in total. The number of hydrogen-bond donors (Lipinski definition) is 0. The average molecular weight is 467 g/mol. The maximum Gasteiger partial charge on any atom is 0.430 e. The number of hydrazine groups is 1. The molecular formula is C22H30N2O7S. The summed E-state index contributed by atoms with van der Waals surface area (Å²) in [5, 5.41) is 0.832. The molecule has 1 aliphatic heterocycles. The molecule has 0 aliphatic carbocycles. The van der Waals surface area contributed by atoms with Crippen LogP contribution >= 0.6 is 0 Å². The summed E-state index contributed by atoms with van der Waals surface area (Å²) < 4.78 is 43.4. The van der Waals surface area contributed by atoms with Gasteiger partial charge in [-0.3, -0.25) is 0 Å². The molecule has 32 heavy (non-hydrogen) atoms. The van der Waals surface area contributed by atoms with Gasteiger partial charge in [0.05, 0.1) is 24.1 Å². The molecule has 0 radical (unpaired) electrons. The molecule has 0 spiro atoms. The molecule has 176 valence electrons. The second kappa shape index (κ2) is 9.33. The van der Waals surface area contributed by atoms with Crippen LogP contribution in [0.5, 0.6) is 5.75 Å². The van der Waals surface area contributed by atoms with E-state index in [1.165, 1.54) is 49.7 Å². The Kier molecular flexibility index (Phi) is 7.41. The number of rotatable bonds is 4. The largest absolute Gasteiger partial charge is 0.497 e. The number of esters is 1. The second-order valence-electron chi connectivity index (χ2n) is 8.99. The highest BCUT2D eigenvalue weighted by Gasteiger charge is 2.36. The average Bonchev–Trinajstić information content (AvgIpc) is 2.89. The Morgan fingerprint density at radius 1 is 0.938 bits per heavy atom. The summed E-state index contributed by atoms with van der Waals surface area (Å²) in [7, 11) is -2.72. The van der Waals surface area contributed by atoms with Gasteiger partial charge >= 0.3 is 12.1 Å². The molecule has 2 rings (SSSR count). The van der Waals surface area contributed by atoms with Crippen LogP contribution < -0.4 is 4.74 Å². The number of ether oxygens (including phenoxy) is 3. The molecule has 1 aliphatic rings. The van der Waals surface area contributed by atoms with E-state index >= 15 is 0 Å². The summed E-state index contributed by atoms with van der Waals surface area (Å²) in [4.78, 5) is 25.3. The number of carbonyl (C=O) groups excluding carboxylic acids is 2. The summed E-state index contributed by atoms with van der Waals surface area (Å²) in [6.07, 6.45) is 2.97. The van der Waals surface area contributed by atoms with Crippen molar-refractivity contribution in [1.29, 1.82) is 0 Å². The van der Waals surface area contributed by atoms with Gasteiger partial charge in [0.2, 0.25) is 0 Å². The smallest absolute Gasteiger partial charge is 0.430 e. The number of carbonyl (C=O) groups is 2. The van der Waals surface area contributed by atoms with E-state index in [-0.39, 0.29) is 17.0 Å². The molecule has 0 saturated carbocycles. The predicted octanol–water partition coefficient (Wildman–Crippen LogP) is 3.63. The monoisotopic (exact) mass is 466 g/mol. The van der Waals surface area contributed by atoms with Crippen molar-refractivity contribution < 1.29 is 32.2 Å². The van der Waals surface area contributed by atoms with Gasteiger partial charge in [0, 0.05) is 6.20 Å². The lowest BCUT2D eigenvalue weighted by molar-refractivity contribution is -0.149. The predicted molar refractivity (Wildman–Crippen MR) is 118 cm³/mol. The van der Waals surface area contributed by atoms with Crippen LogP contribution in [0.3, 0.4) is 0 Å². The number of benzene rings is 1. The molecule has 1 aromatic rings. The van der Waals surface area contributed by atoms with Crippen molar-refractivity contribution in [3.8, 4) is 5.75 Å². The fraction of sp³-hybridized carbons (Fsp3) is 0.455. The molecule has 0 bridgehead atoms. The van der Waals surface area contributed by atoms with Crippen molar-refractivity contribution in [3.05, 3.63) is 48.2 Å². The third kappa shape index (κ3) is 6.57. The Balaban J connectivity index is 2.48. The van der Waals surface area contributed by atoms with E-state index < -0.39 is 33.3 Å². The van der Waals surface area contributed by atoms with Crippen LogP contribution in [-0.4, -0.2) is 54.8 Å². The number of amides is 1. The van der Waals surface area contributed by atoms with E-state index in [0.29, 0.717) is 5.75 Å². The zero-order valence-corrected chi connectivity index (χ0v) is 20.2. The van der Waals surface area contributed by atoms with Gasteiger partial charge in [-0.2, -0.15) is 0 Å². The fourth-order valence-electron chi connectivity index (χ4n) is 2.59. The second-order valence-corrected chi connectivity index (χ2v) is 10.8. The number of nitrogens with zero attached hydrogens (tertiary/aromatic N) is 2. The van der Waals surface area contributed by atoms with E-state index in [9.17, 15) is 18.0 Å². The summed E-state index contributed by atoms with van der Waals surface area (Å²) >= 11 is 0. The molecule has 0 unspecified atom stereocenters. The minimum absolute atomic E-state index is 0.0608. The Bertz CT molecular complexity index is 1010. The molecule has 1 aromatic carbocycles. The Morgan fingerprint density at radius 3 is 2.00 bits per heavy atom. The molecule has 10 heteroatoms. The van der Waals surface area contributed by atoms with Gasteiger partial charge in [-0.1, -0.05) is 10.5 Å². The topological polar surface area (TPSA) is 102 Å². The lowest BCUT2D eigenvalue weighted by Gasteiger charge is -2.31. The van der Waals surface area contributed by atoms with Crippen LogP contribution in [0.1, 0.15) is 41.5 Å². The van der Waals surface area contributed by atoms with E-state index in [1.54, 1.807) is 41.5 Å². The quantitative estimate of drug-likeness (QED) is 0.624. The van der Waals surface area contributed by atoms with Crippen LogP contribution in [0.4, 0.5) is 4.79 Å². The molecule has 1 amide bonds. The first-order valence-electron chi connectivity index (χ1n) is 9.95. The van der Waals surface area contributed by atoms with Gasteiger partial charge in [0.25, 0.3) is 10.0 Å². The highest BCUT2D eigenvalue weighted by Crippen LogP contribution is 2.25. The van der Waals surface area contributed by atoms with Crippen molar-refractivity contribution in [2.45, 2.75) is 57.6 Å². The third-order valence-corrected chi connectivity index (χ3v) is 5.70. The van der Waals surface area contributed by atoms with E-state index in [2.05, 4.69) is 0 Å². The minimum atomic E-state index is -4.19. The normalized spacial score (nSPS) is 15.6. The summed E-state index contributed by atoms with van der Waals surface area (Å²) in [6.45, 7) is 9.87. The maximum atomic E-state index is 13.4. The molecule has 0 saturated heterocycles. The highest BCUT2D eigenvalue weighted by atomic mass is 32.2. The van der Waals surface area contributed by atoms with Crippen molar-refractivity contribution in [1.82, 2.24) is 9.42 Å². The zero-order valence-electron chi connectivity index (χ0n) is 19.4. The van der Waals surface area contributed by atoms with Crippen molar-refractivity contribution in [3.63, 3.8) is 0 Å². The molecule has 0 fully saturated rings. The Morgan fingerprint density at radius 2 is 1.50 bits per heavy atom. The van der Waals surface area contributed by atoms with Crippen LogP contribution in [0.15, 0.2) is 53.1 Å². The number of sulfonamides is 1. The summed E-state index contributed by atoms with van der Waals surface area (Å²) in [5.41, 5.74) is -1.49. The van der Waals surface area contributed by atoms with E-state index in [4.69, 9.17) is 14.2 Å². The van der Waals surface area contributed by atoms with Gasteiger partial charge in [0.15, 0.2) is 0 Å². The lowest BCUT2D eigenvalue weighted by Crippen LogP contribution is -2.48. The zero-order chi connectivity index (χ0) is 24.3. The highest BCUT2D eigenvalue weighted by molar-refractivity contribution is 7.89. The molecule has 1 heterocycles. The first-order chi connectivity index (χ1) is 14.6. The summed E-state index contributed by atoms with van der Waals surface area (Å²) in [5.74, 6) is -0.155. The van der Waals surface area contributed by atoms with Gasteiger partial charge < -0.3 is 14.2 Å². The van der Waals surface area contributed by atoms with Gasteiger partial charge in [-0.15, -0.1) is 0 Å². The van der Waals surface area contributed by atoms with Crippen LogP contribution in [0.2, 0.25) is 0 Å². The van der Waals surface area contributed by atoms with Gasteiger partial charge in [0.1, 0.15) is 17.0 Å². The van der Waals surface area contributed by atoms with Crippen LogP contribution in [-0.2, 0) is 24.3 Å². The van der Waals surface area contributed by atoms with Crippen molar-refractivity contribution >= 4 is 22.1 Å². The minimum Gasteiger partial charge on any atom is -0.497 e. The fourth-order valence-corrected chi connectivity index (χ4v) is 3.94. The standard InChI is InChI=1S/C22H30N2O7S/c1-21(2,3)30-19(25)16-12-14-23(20(26)31-22(4,5)6)24(15-13-16)32(27,28)18-10-8-17(29-7)9-11-18/h8-14H,15H2,1-7H3. The molecule has 0 aromatic heterocycles. The van der Waals surface area contributed by atoms with Gasteiger partial charge in [-0.25, -0.2) is 23.0 Å². The molecular weight excluding hydrogens is 436 g/mol. The van der Waals surface area contributed by atoms with Gasteiger partial charge in [-0.05, 0) is 71.9 Å². The SMILES string of the molecule is COc1ccc(S(=O)(=O)N2CC=C(C(=O)OC(C)(C)C)C=CN2C(=O)OC(C)(C)C)cc1. The molecule has 9 nitrogen and oxygen atoms in total. The third-order valence-electron chi connectivity index (χ3n) is 3.95. The number of methoxy groups -OCH3 is 1. The number of hydrogen-bond acceptors (Lipinski definition) is 7.